The number of amides is 3. The van der Waals surface area contributed by atoms with Gasteiger partial charge >= 0.3 is 6.09 Å². The SMILES string of the molecule is C=CC(=O)N1CCC(n2c(NC(=O)c3ccnc(C)c3)nc3ccc4c(c32)NC(=O)OC4)CC1. The Morgan fingerprint density at radius 1 is 1.26 bits per heavy atom. The lowest BCUT2D eigenvalue weighted by Crippen LogP contribution is -2.38. The summed E-state index contributed by atoms with van der Waals surface area (Å²) in [5.74, 6) is -0.0167. The van der Waals surface area contributed by atoms with Crippen LogP contribution in [0, 0.1) is 6.92 Å². The molecule has 1 aromatic carbocycles. The number of fused-ring (bicyclic) bond motifs is 3. The van der Waals surface area contributed by atoms with Gasteiger partial charge in [0.1, 0.15) is 6.61 Å². The van der Waals surface area contributed by atoms with Gasteiger partial charge in [-0.25, -0.2) is 9.78 Å². The topological polar surface area (TPSA) is 118 Å². The number of pyridine rings is 1. The lowest BCUT2D eigenvalue weighted by molar-refractivity contribution is -0.127. The van der Waals surface area contributed by atoms with Crippen molar-refractivity contribution in [1.82, 2.24) is 19.4 Å². The van der Waals surface area contributed by atoms with E-state index in [-0.39, 0.29) is 24.5 Å². The Kier molecular flexibility index (Phi) is 5.48. The molecule has 0 aliphatic carbocycles. The zero-order valence-electron chi connectivity index (χ0n) is 18.7. The molecule has 174 valence electrons. The number of ether oxygens (including phenoxy) is 1. The van der Waals surface area contributed by atoms with E-state index in [9.17, 15) is 14.4 Å². The lowest BCUT2D eigenvalue weighted by atomic mass is 10.0. The maximum Gasteiger partial charge on any atom is 0.412 e. The predicted octanol–water partition coefficient (Wildman–Crippen LogP) is 3.40. The van der Waals surface area contributed by atoms with Crippen LogP contribution in [0.25, 0.3) is 11.0 Å². The number of hydrogen-bond acceptors (Lipinski definition) is 6. The summed E-state index contributed by atoms with van der Waals surface area (Å²) in [7, 11) is 0. The number of cyclic esters (lactones) is 1. The number of piperidine rings is 1. The summed E-state index contributed by atoms with van der Waals surface area (Å²) in [6.07, 6.45) is 3.71. The van der Waals surface area contributed by atoms with Crippen molar-refractivity contribution in [2.45, 2.75) is 32.4 Å². The maximum absolute atomic E-state index is 13.1. The number of hydrogen-bond donors (Lipinski definition) is 2. The monoisotopic (exact) mass is 460 g/mol. The van der Waals surface area contributed by atoms with Crippen molar-refractivity contribution in [3.05, 3.63) is 59.9 Å². The Morgan fingerprint density at radius 3 is 2.79 bits per heavy atom. The van der Waals surface area contributed by atoms with E-state index < -0.39 is 6.09 Å². The molecule has 1 saturated heterocycles. The van der Waals surface area contributed by atoms with Gasteiger partial charge in [0, 0.05) is 42.1 Å². The lowest BCUT2D eigenvalue weighted by Gasteiger charge is -2.33. The second kappa shape index (κ2) is 8.62. The van der Waals surface area contributed by atoms with Crippen LogP contribution in [0.1, 0.15) is 40.5 Å². The van der Waals surface area contributed by atoms with Crippen LogP contribution in [0.5, 0.6) is 0 Å². The van der Waals surface area contributed by atoms with Crippen molar-refractivity contribution in [3.8, 4) is 0 Å². The molecule has 3 aromatic rings. The van der Waals surface area contributed by atoms with Gasteiger partial charge in [-0.1, -0.05) is 12.6 Å². The van der Waals surface area contributed by atoms with Crippen molar-refractivity contribution < 1.29 is 19.1 Å². The fraction of sp³-hybridized carbons (Fsp3) is 0.292. The van der Waals surface area contributed by atoms with Gasteiger partial charge < -0.3 is 14.2 Å². The molecule has 10 nitrogen and oxygen atoms in total. The number of nitrogens with zero attached hydrogens (tertiary/aromatic N) is 4. The Bertz CT molecular complexity index is 1320. The van der Waals surface area contributed by atoms with Gasteiger partial charge in [-0.2, -0.15) is 0 Å². The molecule has 2 aliphatic rings. The second-order valence-electron chi connectivity index (χ2n) is 8.37. The molecule has 0 spiro atoms. The Morgan fingerprint density at radius 2 is 2.06 bits per heavy atom. The van der Waals surface area contributed by atoms with Crippen LogP contribution in [0.15, 0.2) is 43.1 Å². The molecule has 0 bridgehead atoms. The Hall–Kier alpha value is -4.21. The summed E-state index contributed by atoms with van der Waals surface area (Å²) in [4.78, 5) is 47.7. The molecular weight excluding hydrogens is 436 g/mol. The van der Waals surface area contributed by atoms with Crippen molar-refractivity contribution in [2.75, 3.05) is 23.7 Å². The van der Waals surface area contributed by atoms with Crippen molar-refractivity contribution in [1.29, 1.82) is 0 Å². The van der Waals surface area contributed by atoms with E-state index in [2.05, 4.69) is 22.2 Å². The average Bonchev–Trinajstić information content (AvgIpc) is 3.22. The van der Waals surface area contributed by atoms with Crippen LogP contribution in [0.2, 0.25) is 0 Å². The molecule has 3 amide bonds. The Balaban J connectivity index is 1.57. The minimum absolute atomic E-state index is 0.0420. The first kappa shape index (κ1) is 21.6. The normalized spacial score (nSPS) is 15.9. The van der Waals surface area contributed by atoms with E-state index in [1.807, 2.05) is 23.6 Å². The van der Waals surface area contributed by atoms with Crippen LogP contribution in [0.3, 0.4) is 0 Å². The number of anilines is 2. The zero-order chi connectivity index (χ0) is 23.8. The maximum atomic E-state index is 13.1. The first-order chi connectivity index (χ1) is 16.4. The van der Waals surface area contributed by atoms with Crippen molar-refractivity contribution >= 4 is 40.6 Å². The number of carbonyl (C=O) groups is 3. The fourth-order valence-electron chi connectivity index (χ4n) is 4.55. The third-order valence-electron chi connectivity index (χ3n) is 6.22. The van der Waals surface area contributed by atoms with Gasteiger partial charge in [0.15, 0.2) is 0 Å². The number of carbonyl (C=O) groups excluding carboxylic acids is 3. The number of rotatable bonds is 4. The minimum Gasteiger partial charge on any atom is -0.444 e. The van der Waals surface area contributed by atoms with Crippen LogP contribution in [-0.2, 0) is 16.1 Å². The quantitative estimate of drug-likeness (QED) is 0.576. The third-order valence-corrected chi connectivity index (χ3v) is 6.22. The largest absolute Gasteiger partial charge is 0.444 e. The molecule has 2 aliphatic heterocycles. The summed E-state index contributed by atoms with van der Waals surface area (Å²) in [5, 5.41) is 5.75. The summed E-state index contributed by atoms with van der Waals surface area (Å²) in [5.41, 5.74) is 4.04. The van der Waals surface area contributed by atoms with Crippen LogP contribution in [0.4, 0.5) is 16.4 Å². The van der Waals surface area contributed by atoms with E-state index in [0.29, 0.717) is 48.6 Å². The highest BCUT2D eigenvalue weighted by Crippen LogP contribution is 2.38. The fourth-order valence-corrected chi connectivity index (χ4v) is 4.55. The van der Waals surface area contributed by atoms with E-state index in [1.165, 1.54) is 6.08 Å². The van der Waals surface area contributed by atoms with Gasteiger partial charge in [0.2, 0.25) is 11.9 Å². The van der Waals surface area contributed by atoms with E-state index in [1.54, 1.807) is 23.2 Å². The number of imidazole rings is 1. The summed E-state index contributed by atoms with van der Waals surface area (Å²) >= 11 is 0. The predicted molar refractivity (Wildman–Crippen MR) is 126 cm³/mol. The van der Waals surface area contributed by atoms with Crippen LogP contribution < -0.4 is 10.6 Å². The molecule has 0 unspecified atom stereocenters. The summed E-state index contributed by atoms with van der Waals surface area (Å²) < 4.78 is 7.10. The zero-order valence-corrected chi connectivity index (χ0v) is 18.7. The van der Waals surface area contributed by atoms with Crippen LogP contribution >= 0.6 is 0 Å². The number of benzene rings is 1. The van der Waals surface area contributed by atoms with E-state index in [4.69, 9.17) is 9.72 Å². The first-order valence-electron chi connectivity index (χ1n) is 11.1. The van der Waals surface area contributed by atoms with Crippen molar-refractivity contribution in [3.63, 3.8) is 0 Å². The standard InChI is InChI=1S/C24H24N6O4/c1-3-19(31)29-10-7-17(8-11-29)30-21-18(5-4-16-13-34-24(33)27-20(16)21)26-23(30)28-22(32)15-6-9-25-14(2)12-15/h3-6,9,12,17H,1,7-8,10-11,13H2,2H3,(H,27,33)(H,26,28,32). The highest BCUT2D eigenvalue weighted by atomic mass is 16.5. The molecule has 10 heteroatoms. The highest BCUT2D eigenvalue weighted by molar-refractivity contribution is 6.06. The molecule has 5 rings (SSSR count). The smallest absolute Gasteiger partial charge is 0.412 e. The van der Waals surface area contributed by atoms with E-state index >= 15 is 0 Å². The Labute approximate surface area is 195 Å². The molecule has 1 fully saturated rings. The summed E-state index contributed by atoms with van der Waals surface area (Å²) in [6.45, 7) is 6.66. The number of aromatic nitrogens is 3. The van der Waals surface area contributed by atoms with Crippen LogP contribution in [-0.4, -0.2) is 50.4 Å². The van der Waals surface area contributed by atoms with Gasteiger partial charge in [-0.15, -0.1) is 0 Å². The van der Waals surface area contributed by atoms with Crippen molar-refractivity contribution in [2.24, 2.45) is 0 Å². The van der Waals surface area contributed by atoms with Gasteiger partial charge in [0.25, 0.3) is 5.91 Å². The molecule has 0 radical (unpaired) electrons. The highest BCUT2D eigenvalue weighted by Gasteiger charge is 2.30. The van der Waals surface area contributed by atoms with Gasteiger partial charge in [-0.05, 0) is 44.0 Å². The third kappa shape index (κ3) is 3.87. The number of likely N-dealkylation sites (tertiary alicyclic amines) is 1. The molecular formula is C24H24N6O4. The first-order valence-corrected chi connectivity index (χ1v) is 11.1. The molecule has 0 saturated carbocycles. The van der Waals surface area contributed by atoms with Gasteiger partial charge in [0.05, 0.1) is 16.7 Å². The second-order valence-corrected chi connectivity index (χ2v) is 8.37. The molecule has 34 heavy (non-hydrogen) atoms. The number of nitrogens with one attached hydrogen (secondary N) is 2. The molecule has 2 aromatic heterocycles. The average molecular weight is 460 g/mol. The van der Waals surface area contributed by atoms with Gasteiger partial charge in [-0.3, -0.25) is 25.2 Å². The number of aryl methyl sites for hydroxylation is 1. The summed E-state index contributed by atoms with van der Waals surface area (Å²) in [6, 6.07) is 7.03. The molecule has 2 N–H and O–H groups in total. The minimum atomic E-state index is -0.531. The molecule has 0 atom stereocenters. The van der Waals surface area contributed by atoms with E-state index in [0.717, 1.165) is 16.8 Å². The molecule has 4 heterocycles.